The molecule has 0 saturated carbocycles. The second-order valence-electron chi connectivity index (χ2n) is 10.4. The normalized spacial score (nSPS) is 10.9. The van der Waals surface area contributed by atoms with Crippen molar-refractivity contribution >= 4 is 45.7 Å². The fourth-order valence-corrected chi connectivity index (χ4v) is 4.44. The van der Waals surface area contributed by atoms with Crippen LogP contribution in [0.1, 0.15) is 95.4 Å². The topological polar surface area (TPSA) is 116 Å². The molecule has 0 aliphatic carbocycles. The number of carbonyl (C=O) groups excluding carboxylic acids is 4. The van der Waals surface area contributed by atoms with Gasteiger partial charge in [-0.2, -0.15) is 0 Å². The van der Waals surface area contributed by atoms with E-state index < -0.39 is 0 Å². The molecule has 210 valence electrons. The zero-order valence-corrected chi connectivity index (χ0v) is 24.8. The fraction of sp³-hybridized carbons (Fsp3) is 0.400. The van der Waals surface area contributed by atoms with E-state index in [9.17, 15) is 19.2 Å². The minimum Gasteiger partial charge on any atom is -0.350 e. The first-order valence-electron chi connectivity index (χ1n) is 13.1. The number of hydrogen-bond donors (Lipinski definition) is 4. The molecule has 4 amide bonds. The number of carbonyl (C=O) groups is 4. The summed E-state index contributed by atoms with van der Waals surface area (Å²) in [5.41, 5.74) is 1.18. The van der Waals surface area contributed by atoms with Gasteiger partial charge in [0.25, 0.3) is 23.6 Å². The van der Waals surface area contributed by atoms with Crippen LogP contribution in [-0.2, 0) is 0 Å². The molecule has 0 bridgehead atoms. The first-order chi connectivity index (χ1) is 18.3. The maximum atomic E-state index is 12.3. The lowest BCUT2D eigenvalue weighted by Crippen LogP contribution is -2.31. The molecule has 8 nitrogen and oxygen atoms in total. The summed E-state index contributed by atoms with van der Waals surface area (Å²) in [6.45, 7) is 15.3. The lowest BCUT2D eigenvalue weighted by atomic mass is 9.98. The molecule has 0 unspecified atom stereocenters. The van der Waals surface area contributed by atoms with E-state index in [1.165, 1.54) is 11.3 Å². The van der Waals surface area contributed by atoms with Crippen LogP contribution in [0.25, 0.3) is 10.8 Å². The predicted molar refractivity (Wildman–Crippen MR) is 159 cm³/mol. The number of fused-ring (bicyclic) bond motifs is 1. The number of nitrogens with one attached hydrogen (secondary N) is 4. The lowest BCUT2D eigenvalue weighted by molar-refractivity contribution is 0.0933. The maximum absolute atomic E-state index is 12.3. The third-order valence-electron chi connectivity index (χ3n) is 5.15. The van der Waals surface area contributed by atoms with Crippen LogP contribution in [0.2, 0.25) is 0 Å². The molecule has 0 fully saturated rings. The average molecular weight is 553 g/mol. The zero-order valence-electron chi connectivity index (χ0n) is 24.0. The molecule has 2 aromatic carbocycles. The Hall–Kier alpha value is -3.72. The van der Waals surface area contributed by atoms with Gasteiger partial charge in [-0.05, 0) is 90.4 Å². The summed E-state index contributed by atoms with van der Waals surface area (Å²) in [4.78, 5) is 49.1. The van der Waals surface area contributed by atoms with E-state index in [1.807, 2.05) is 79.7 Å². The van der Waals surface area contributed by atoms with E-state index in [0.717, 1.165) is 10.8 Å². The number of thiophene rings is 1. The summed E-state index contributed by atoms with van der Waals surface area (Å²) in [6, 6.07) is 14.6. The molecule has 1 aromatic heterocycles. The van der Waals surface area contributed by atoms with Gasteiger partial charge in [-0.3, -0.25) is 19.2 Å². The van der Waals surface area contributed by atoms with Gasteiger partial charge in [-0.25, -0.2) is 0 Å². The van der Waals surface area contributed by atoms with Crippen molar-refractivity contribution in [3.63, 3.8) is 0 Å². The van der Waals surface area contributed by atoms with Crippen molar-refractivity contribution < 1.29 is 19.2 Å². The molecule has 3 aromatic rings. The van der Waals surface area contributed by atoms with Gasteiger partial charge < -0.3 is 21.3 Å². The lowest BCUT2D eigenvalue weighted by Gasteiger charge is -2.14. The largest absolute Gasteiger partial charge is 0.350 e. The molecule has 0 radical (unpaired) electrons. The fourth-order valence-electron chi connectivity index (χ4n) is 3.62. The van der Waals surface area contributed by atoms with Crippen LogP contribution in [0, 0.1) is 0 Å². The minimum absolute atomic E-state index is 0.0650. The summed E-state index contributed by atoms with van der Waals surface area (Å²) in [7, 11) is 0. The Balaban J connectivity index is 0.000000283. The van der Waals surface area contributed by atoms with Gasteiger partial charge in [0.15, 0.2) is 0 Å². The van der Waals surface area contributed by atoms with E-state index in [-0.39, 0.29) is 47.8 Å². The van der Waals surface area contributed by atoms with Crippen LogP contribution in [0.3, 0.4) is 0 Å². The van der Waals surface area contributed by atoms with Crippen LogP contribution < -0.4 is 21.3 Å². The quantitative estimate of drug-likeness (QED) is 0.310. The first-order valence-corrected chi connectivity index (χ1v) is 14.0. The molecule has 39 heavy (non-hydrogen) atoms. The zero-order chi connectivity index (χ0) is 29.3. The number of amides is 4. The second-order valence-corrected chi connectivity index (χ2v) is 11.5. The van der Waals surface area contributed by atoms with Crippen LogP contribution in [0.15, 0.2) is 48.5 Å². The van der Waals surface area contributed by atoms with Crippen molar-refractivity contribution in [2.45, 2.75) is 79.6 Å². The summed E-state index contributed by atoms with van der Waals surface area (Å²) in [5, 5.41) is 12.9. The molecule has 0 aliphatic rings. The Bertz CT molecular complexity index is 1210. The van der Waals surface area contributed by atoms with E-state index in [1.54, 1.807) is 24.3 Å². The van der Waals surface area contributed by atoms with Crippen molar-refractivity contribution in [3.8, 4) is 0 Å². The van der Waals surface area contributed by atoms with Crippen molar-refractivity contribution in [2.24, 2.45) is 0 Å². The third kappa shape index (κ3) is 9.51. The Morgan fingerprint density at radius 1 is 0.487 bits per heavy atom. The van der Waals surface area contributed by atoms with Gasteiger partial charge >= 0.3 is 0 Å². The first kappa shape index (κ1) is 31.5. The number of hydrogen-bond acceptors (Lipinski definition) is 5. The van der Waals surface area contributed by atoms with E-state index in [4.69, 9.17) is 0 Å². The summed E-state index contributed by atoms with van der Waals surface area (Å²) in [5.74, 6) is -0.508. The highest BCUT2D eigenvalue weighted by Gasteiger charge is 2.17. The molecule has 4 N–H and O–H groups in total. The maximum Gasteiger partial charge on any atom is 0.261 e. The molecule has 0 saturated heterocycles. The molecule has 0 atom stereocenters. The van der Waals surface area contributed by atoms with E-state index in [0.29, 0.717) is 20.9 Å². The Morgan fingerprint density at radius 3 is 1.10 bits per heavy atom. The van der Waals surface area contributed by atoms with Gasteiger partial charge in [-0.15, -0.1) is 11.3 Å². The molecule has 3 rings (SSSR count). The molecule has 9 heteroatoms. The number of benzene rings is 2. The van der Waals surface area contributed by atoms with Gasteiger partial charge in [0.05, 0.1) is 9.75 Å². The third-order valence-corrected chi connectivity index (χ3v) is 6.23. The Kier molecular flexibility index (Phi) is 11.7. The molecular weight excluding hydrogens is 512 g/mol. The summed E-state index contributed by atoms with van der Waals surface area (Å²) < 4.78 is 0. The molecule has 0 spiro atoms. The molecular formula is C30H40N4O4S. The second kappa shape index (κ2) is 14.4. The smallest absolute Gasteiger partial charge is 0.261 e. The SMILES string of the molecule is CC(C)NC(=O)c1ccc(C(=O)NC(C)C)c2ccccc12.CC(C)NC(=O)c1ccc(C(=O)NC(C)C)s1. The van der Waals surface area contributed by atoms with Crippen molar-refractivity contribution in [2.75, 3.05) is 0 Å². The highest BCUT2D eigenvalue weighted by atomic mass is 32.1. The van der Waals surface area contributed by atoms with Gasteiger partial charge in [0.2, 0.25) is 0 Å². The van der Waals surface area contributed by atoms with Crippen LogP contribution in [0.5, 0.6) is 0 Å². The van der Waals surface area contributed by atoms with Gasteiger partial charge in [0.1, 0.15) is 0 Å². The minimum atomic E-state index is -0.131. The van der Waals surface area contributed by atoms with Gasteiger partial charge in [0, 0.05) is 35.3 Å². The van der Waals surface area contributed by atoms with Crippen LogP contribution in [0.4, 0.5) is 0 Å². The predicted octanol–water partition coefficient (Wildman–Crippen LogP) is 5.14. The van der Waals surface area contributed by atoms with Crippen molar-refractivity contribution in [3.05, 3.63) is 69.4 Å². The van der Waals surface area contributed by atoms with Crippen molar-refractivity contribution in [1.29, 1.82) is 0 Å². The highest BCUT2D eigenvalue weighted by Crippen LogP contribution is 2.23. The number of rotatable bonds is 8. The molecule has 1 heterocycles. The Morgan fingerprint density at radius 2 is 0.795 bits per heavy atom. The summed E-state index contributed by atoms with van der Waals surface area (Å²) >= 11 is 1.21. The van der Waals surface area contributed by atoms with E-state index >= 15 is 0 Å². The molecule has 0 aliphatic heterocycles. The summed E-state index contributed by atoms with van der Waals surface area (Å²) in [6.07, 6.45) is 0. The van der Waals surface area contributed by atoms with Crippen LogP contribution >= 0.6 is 11.3 Å². The van der Waals surface area contributed by atoms with E-state index in [2.05, 4.69) is 21.3 Å². The highest BCUT2D eigenvalue weighted by molar-refractivity contribution is 7.15. The standard InChI is InChI=1S/C18H22N2O2.C12H18N2O2S/c1-11(2)19-17(21)15-9-10-16(18(22)20-12(3)4)14-8-6-5-7-13(14)15;1-7(2)13-11(15)9-5-6-10(17-9)12(16)14-8(3)4/h5-12H,1-4H3,(H,19,21)(H,20,22);5-8H,1-4H3,(H,13,15)(H,14,16). The van der Waals surface area contributed by atoms with Crippen LogP contribution in [-0.4, -0.2) is 47.8 Å². The average Bonchev–Trinajstić information content (AvgIpc) is 3.33. The Labute approximate surface area is 235 Å². The van der Waals surface area contributed by atoms with Crippen molar-refractivity contribution in [1.82, 2.24) is 21.3 Å². The monoisotopic (exact) mass is 552 g/mol. The van der Waals surface area contributed by atoms with Gasteiger partial charge in [-0.1, -0.05) is 24.3 Å².